The Kier molecular flexibility index (Phi) is 3.28. The van der Waals surface area contributed by atoms with Crippen LogP contribution in [0.25, 0.3) is 0 Å². The minimum absolute atomic E-state index is 0.0409. The molecule has 1 aromatic rings. The summed E-state index contributed by atoms with van der Waals surface area (Å²) >= 11 is 0. The number of nitrogens with zero attached hydrogens (tertiary/aromatic N) is 1. The zero-order valence-electron chi connectivity index (χ0n) is 12.6. The largest absolute Gasteiger partial charge is 0.273 e. The molecule has 3 nitrogen and oxygen atoms in total. The maximum absolute atomic E-state index is 13.5. The van der Waals surface area contributed by atoms with E-state index in [1.165, 1.54) is 31.5 Å². The van der Waals surface area contributed by atoms with Crippen molar-refractivity contribution in [3.05, 3.63) is 35.6 Å². The summed E-state index contributed by atoms with van der Waals surface area (Å²) in [7, 11) is 0. The van der Waals surface area contributed by atoms with Gasteiger partial charge in [0.05, 0.1) is 11.6 Å². The van der Waals surface area contributed by atoms with E-state index in [4.69, 9.17) is 0 Å². The smallest absolute Gasteiger partial charge is 0.246 e. The van der Waals surface area contributed by atoms with Gasteiger partial charge in [0, 0.05) is 5.56 Å². The molecule has 4 bridgehead atoms. The molecule has 0 aromatic heterocycles. The molecular weight excluding hydrogens is 279 g/mol. The van der Waals surface area contributed by atoms with Crippen LogP contribution in [-0.4, -0.2) is 12.1 Å². The quantitative estimate of drug-likeness (QED) is 0.674. The summed E-state index contributed by atoms with van der Waals surface area (Å²) in [5, 5.41) is 4.00. The van der Waals surface area contributed by atoms with Crippen LogP contribution in [0, 0.1) is 29.0 Å². The van der Waals surface area contributed by atoms with Crippen LogP contribution in [0.3, 0.4) is 0 Å². The third-order valence-electron chi connectivity index (χ3n) is 5.79. The summed E-state index contributed by atoms with van der Waals surface area (Å²) in [4.78, 5) is 12.7. The highest BCUT2D eigenvalue weighted by Gasteiger charge is 2.54. The van der Waals surface area contributed by atoms with Crippen molar-refractivity contribution >= 4 is 12.1 Å². The van der Waals surface area contributed by atoms with E-state index in [1.54, 1.807) is 18.2 Å². The Morgan fingerprint density at radius 1 is 1.14 bits per heavy atom. The van der Waals surface area contributed by atoms with E-state index in [9.17, 15) is 9.18 Å². The number of benzene rings is 1. The first-order chi connectivity index (χ1) is 10.6. The van der Waals surface area contributed by atoms with Crippen LogP contribution in [-0.2, 0) is 4.79 Å². The summed E-state index contributed by atoms with van der Waals surface area (Å²) < 4.78 is 13.5. The highest BCUT2D eigenvalue weighted by molar-refractivity contribution is 5.85. The van der Waals surface area contributed by atoms with E-state index in [2.05, 4.69) is 10.5 Å². The average Bonchev–Trinajstić information content (AvgIpc) is 2.47. The normalized spacial score (nSPS) is 36.0. The van der Waals surface area contributed by atoms with Crippen LogP contribution in [0.4, 0.5) is 4.39 Å². The lowest BCUT2D eigenvalue weighted by atomic mass is 9.49. The van der Waals surface area contributed by atoms with Gasteiger partial charge in [0.25, 0.3) is 0 Å². The van der Waals surface area contributed by atoms with Gasteiger partial charge in [0.1, 0.15) is 5.82 Å². The molecule has 0 atom stereocenters. The SMILES string of the molecule is O=C(NN=Cc1ccccc1F)C12CC3CC(CC(C3)C1)C2. The summed E-state index contributed by atoms with van der Waals surface area (Å²) in [5.41, 5.74) is 2.87. The Labute approximate surface area is 130 Å². The first-order valence-electron chi connectivity index (χ1n) is 8.23. The molecule has 4 fully saturated rings. The van der Waals surface area contributed by atoms with Gasteiger partial charge < -0.3 is 0 Å². The molecule has 0 spiro atoms. The summed E-state index contributed by atoms with van der Waals surface area (Å²) in [6.45, 7) is 0. The van der Waals surface area contributed by atoms with Gasteiger partial charge in [0.15, 0.2) is 0 Å². The van der Waals surface area contributed by atoms with Crippen molar-refractivity contribution in [2.45, 2.75) is 38.5 Å². The Morgan fingerprint density at radius 3 is 2.32 bits per heavy atom. The number of hydrogen-bond acceptors (Lipinski definition) is 2. The number of halogens is 1. The van der Waals surface area contributed by atoms with E-state index in [1.807, 2.05) is 0 Å². The monoisotopic (exact) mass is 300 g/mol. The molecule has 116 valence electrons. The average molecular weight is 300 g/mol. The minimum Gasteiger partial charge on any atom is -0.273 e. The molecule has 0 radical (unpaired) electrons. The second-order valence-electron chi connectivity index (χ2n) is 7.42. The van der Waals surface area contributed by atoms with E-state index < -0.39 is 0 Å². The molecule has 0 saturated heterocycles. The van der Waals surface area contributed by atoms with Gasteiger partial charge in [0.2, 0.25) is 5.91 Å². The molecule has 0 heterocycles. The Hall–Kier alpha value is -1.71. The first kappa shape index (κ1) is 13.9. The maximum atomic E-state index is 13.5. The van der Waals surface area contributed by atoms with Crippen molar-refractivity contribution in [3.8, 4) is 0 Å². The lowest BCUT2D eigenvalue weighted by Crippen LogP contribution is -2.52. The van der Waals surface area contributed by atoms with Gasteiger partial charge in [-0.3, -0.25) is 4.79 Å². The Bertz CT molecular complexity index is 590. The second-order valence-corrected chi connectivity index (χ2v) is 7.42. The molecule has 1 aromatic carbocycles. The number of nitrogens with one attached hydrogen (secondary N) is 1. The van der Waals surface area contributed by atoms with Crippen molar-refractivity contribution in [1.82, 2.24) is 5.43 Å². The molecule has 4 heteroatoms. The predicted octanol–water partition coefficient (Wildman–Crippen LogP) is 3.49. The van der Waals surface area contributed by atoms with E-state index >= 15 is 0 Å². The van der Waals surface area contributed by atoms with Crippen LogP contribution in [0.5, 0.6) is 0 Å². The van der Waals surface area contributed by atoms with Gasteiger partial charge in [-0.1, -0.05) is 18.2 Å². The molecule has 22 heavy (non-hydrogen) atoms. The molecule has 0 unspecified atom stereocenters. The standard InChI is InChI=1S/C18H21FN2O/c19-16-4-2-1-3-15(16)11-20-21-17(22)18-8-12-5-13(9-18)7-14(6-12)10-18/h1-4,11-14H,5-10H2,(H,21,22). The van der Waals surface area contributed by atoms with Crippen molar-refractivity contribution in [2.24, 2.45) is 28.3 Å². The highest BCUT2D eigenvalue weighted by Crippen LogP contribution is 2.60. The van der Waals surface area contributed by atoms with Crippen LogP contribution in [0.1, 0.15) is 44.1 Å². The van der Waals surface area contributed by atoms with Crippen LogP contribution in [0.15, 0.2) is 29.4 Å². The third kappa shape index (κ3) is 2.34. The summed E-state index contributed by atoms with van der Waals surface area (Å²) in [6, 6.07) is 6.43. The molecule has 1 amide bonds. The fourth-order valence-electron chi connectivity index (χ4n) is 5.25. The zero-order chi connectivity index (χ0) is 15.2. The van der Waals surface area contributed by atoms with Crippen molar-refractivity contribution in [2.75, 3.05) is 0 Å². The van der Waals surface area contributed by atoms with E-state index in [0.29, 0.717) is 5.56 Å². The number of rotatable bonds is 3. The van der Waals surface area contributed by atoms with Crippen molar-refractivity contribution < 1.29 is 9.18 Å². The second kappa shape index (κ2) is 5.18. The summed E-state index contributed by atoms with van der Waals surface area (Å²) in [6.07, 6.45) is 8.37. The van der Waals surface area contributed by atoms with Gasteiger partial charge in [-0.05, 0) is 62.3 Å². The molecule has 1 N–H and O–H groups in total. The Morgan fingerprint density at radius 2 is 1.73 bits per heavy atom. The molecule has 4 saturated carbocycles. The lowest BCUT2D eigenvalue weighted by molar-refractivity contribution is -0.146. The molecule has 4 aliphatic carbocycles. The third-order valence-corrected chi connectivity index (χ3v) is 5.79. The van der Waals surface area contributed by atoms with Crippen LogP contribution in [0.2, 0.25) is 0 Å². The fraction of sp³-hybridized carbons (Fsp3) is 0.556. The van der Waals surface area contributed by atoms with Gasteiger partial charge >= 0.3 is 0 Å². The number of hydrazone groups is 1. The summed E-state index contributed by atoms with van der Waals surface area (Å²) in [5.74, 6) is 1.90. The zero-order valence-corrected chi connectivity index (χ0v) is 12.6. The van der Waals surface area contributed by atoms with Crippen LogP contribution < -0.4 is 5.43 Å². The predicted molar refractivity (Wildman–Crippen MR) is 82.7 cm³/mol. The van der Waals surface area contributed by atoms with Gasteiger partial charge in [-0.15, -0.1) is 0 Å². The first-order valence-corrected chi connectivity index (χ1v) is 8.23. The molecule has 5 rings (SSSR count). The van der Waals surface area contributed by atoms with E-state index in [-0.39, 0.29) is 17.1 Å². The lowest BCUT2D eigenvalue weighted by Gasteiger charge is -2.55. The van der Waals surface area contributed by atoms with Crippen LogP contribution >= 0.6 is 0 Å². The van der Waals surface area contributed by atoms with Crippen molar-refractivity contribution in [1.29, 1.82) is 0 Å². The molecular formula is C18H21FN2O. The van der Waals surface area contributed by atoms with Crippen molar-refractivity contribution in [3.63, 3.8) is 0 Å². The number of carbonyl (C=O) groups is 1. The maximum Gasteiger partial charge on any atom is 0.246 e. The molecule has 4 aliphatic rings. The fourth-order valence-corrected chi connectivity index (χ4v) is 5.25. The van der Waals surface area contributed by atoms with E-state index in [0.717, 1.165) is 37.0 Å². The number of hydrogen-bond donors (Lipinski definition) is 1. The minimum atomic E-state index is -0.324. The highest BCUT2D eigenvalue weighted by atomic mass is 19.1. The molecule has 0 aliphatic heterocycles. The Balaban J connectivity index is 1.45. The number of amides is 1. The topological polar surface area (TPSA) is 41.5 Å². The van der Waals surface area contributed by atoms with Gasteiger partial charge in [-0.25, -0.2) is 9.82 Å². The van der Waals surface area contributed by atoms with Gasteiger partial charge in [-0.2, -0.15) is 5.10 Å². The number of carbonyl (C=O) groups excluding carboxylic acids is 1.